The standard InChI is InChI=1S/C8H8N4/c1-4-5-6-11-7(9-2)8(10-3)12-6/h4-5H2,1H3,(H,11,12). The maximum atomic E-state index is 6.74. The number of H-pyrrole nitrogens is 1. The third kappa shape index (κ3) is 1.43. The van der Waals surface area contributed by atoms with Crippen molar-refractivity contribution < 1.29 is 0 Å². The number of hydrogen-bond donors (Lipinski definition) is 1. The van der Waals surface area contributed by atoms with Crippen molar-refractivity contribution in [1.29, 1.82) is 0 Å². The minimum Gasteiger partial charge on any atom is -0.373 e. The van der Waals surface area contributed by atoms with E-state index in [-0.39, 0.29) is 11.6 Å². The van der Waals surface area contributed by atoms with Crippen molar-refractivity contribution in [2.24, 2.45) is 0 Å². The first-order valence-electron chi connectivity index (χ1n) is 3.65. The van der Waals surface area contributed by atoms with Gasteiger partial charge in [-0.05, 0) is 6.42 Å². The number of rotatable bonds is 2. The lowest BCUT2D eigenvalue weighted by Gasteiger charge is -1.80. The first-order chi connectivity index (χ1) is 5.81. The molecule has 12 heavy (non-hydrogen) atoms. The largest absolute Gasteiger partial charge is 0.373 e. The average molecular weight is 160 g/mol. The zero-order chi connectivity index (χ0) is 8.97. The van der Waals surface area contributed by atoms with Gasteiger partial charge < -0.3 is 9.69 Å². The van der Waals surface area contributed by atoms with Gasteiger partial charge in [0, 0.05) is 6.42 Å². The SMILES string of the molecule is [C-]#[N+]c1nc(CCC)[nH]c1[N+]#[C-]. The summed E-state index contributed by atoms with van der Waals surface area (Å²) in [4.78, 5) is 13.1. The number of hydrogen-bond acceptors (Lipinski definition) is 1. The fourth-order valence-electron chi connectivity index (χ4n) is 0.912. The molecule has 0 unspecified atom stereocenters. The Bertz CT molecular complexity index is 319. The van der Waals surface area contributed by atoms with E-state index in [2.05, 4.69) is 19.7 Å². The maximum absolute atomic E-state index is 6.74. The highest BCUT2D eigenvalue weighted by Gasteiger charge is 2.11. The van der Waals surface area contributed by atoms with Crippen molar-refractivity contribution in [1.82, 2.24) is 9.97 Å². The Kier molecular flexibility index (Phi) is 2.45. The average Bonchev–Trinajstić information content (AvgIpc) is 2.48. The summed E-state index contributed by atoms with van der Waals surface area (Å²) in [7, 11) is 0. The van der Waals surface area contributed by atoms with Crippen molar-refractivity contribution in [2.75, 3.05) is 0 Å². The smallest absolute Gasteiger partial charge is 0.293 e. The van der Waals surface area contributed by atoms with Crippen molar-refractivity contribution in [3.8, 4) is 0 Å². The topological polar surface area (TPSA) is 37.4 Å². The van der Waals surface area contributed by atoms with Gasteiger partial charge in [-0.25, -0.2) is 0 Å². The third-order valence-corrected chi connectivity index (χ3v) is 1.42. The lowest BCUT2D eigenvalue weighted by Crippen LogP contribution is -1.83. The Morgan fingerprint density at radius 2 is 2.17 bits per heavy atom. The second-order valence-electron chi connectivity index (χ2n) is 2.33. The highest BCUT2D eigenvalue weighted by atomic mass is 15.1. The Morgan fingerprint density at radius 3 is 2.58 bits per heavy atom. The second-order valence-corrected chi connectivity index (χ2v) is 2.33. The molecule has 60 valence electrons. The number of aryl methyl sites for hydroxylation is 1. The summed E-state index contributed by atoms with van der Waals surface area (Å²) in [5.74, 6) is 1.18. The van der Waals surface area contributed by atoms with Gasteiger partial charge in [0.1, 0.15) is 0 Å². The lowest BCUT2D eigenvalue weighted by molar-refractivity contribution is 0.859. The molecule has 1 rings (SSSR count). The summed E-state index contributed by atoms with van der Waals surface area (Å²) >= 11 is 0. The van der Waals surface area contributed by atoms with Gasteiger partial charge in [-0.1, -0.05) is 25.1 Å². The van der Waals surface area contributed by atoms with Crippen LogP contribution in [0, 0.1) is 13.1 Å². The van der Waals surface area contributed by atoms with Crippen molar-refractivity contribution in [3.63, 3.8) is 0 Å². The molecular formula is C8H8N4. The third-order valence-electron chi connectivity index (χ3n) is 1.42. The van der Waals surface area contributed by atoms with E-state index >= 15 is 0 Å². The molecule has 0 amide bonds. The molecule has 0 fully saturated rings. The molecule has 1 aromatic heterocycles. The lowest BCUT2D eigenvalue weighted by atomic mass is 10.3. The molecule has 0 spiro atoms. The summed E-state index contributed by atoms with van der Waals surface area (Å²) in [6.07, 6.45) is 1.75. The van der Waals surface area contributed by atoms with Crippen LogP contribution in [0.3, 0.4) is 0 Å². The van der Waals surface area contributed by atoms with Crippen molar-refractivity contribution in [3.05, 3.63) is 28.7 Å². The molecule has 1 heterocycles. The minimum atomic E-state index is 0.188. The molecule has 0 aromatic carbocycles. The van der Waals surface area contributed by atoms with Crippen molar-refractivity contribution >= 4 is 11.6 Å². The van der Waals surface area contributed by atoms with E-state index in [1.165, 1.54) is 0 Å². The Morgan fingerprint density at radius 1 is 1.42 bits per heavy atom. The Balaban J connectivity index is 3.01. The molecule has 0 saturated heterocycles. The molecule has 0 atom stereocenters. The molecule has 1 N–H and O–H groups in total. The molecule has 4 heteroatoms. The van der Waals surface area contributed by atoms with E-state index in [0.717, 1.165) is 18.7 Å². The van der Waals surface area contributed by atoms with E-state index in [4.69, 9.17) is 13.1 Å². The van der Waals surface area contributed by atoms with Gasteiger partial charge in [0.05, 0.1) is 0 Å². The summed E-state index contributed by atoms with van der Waals surface area (Å²) in [5, 5.41) is 0. The molecule has 0 bridgehead atoms. The molecule has 0 aliphatic carbocycles. The molecule has 1 aromatic rings. The fourth-order valence-corrected chi connectivity index (χ4v) is 0.912. The molecule has 0 radical (unpaired) electrons. The maximum Gasteiger partial charge on any atom is 0.293 e. The van der Waals surface area contributed by atoms with E-state index in [0.29, 0.717) is 0 Å². The molecule has 0 saturated carbocycles. The first kappa shape index (κ1) is 8.29. The van der Waals surface area contributed by atoms with Gasteiger partial charge in [-0.2, -0.15) is 0 Å². The zero-order valence-corrected chi connectivity index (χ0v) is 6.76. The number of nitrogens with one attached hydrogen (secondary N) is 1. The quantitative estimate of drug-likeness (QED) is 0.663. The fraction of sp³-hybridized carbons (Fsp3) is 0.375. The summed E-state index contributed by atoms with van der Waals surface area (Å²) in [6.45, 7) is 15.5. The molecule has 0 aliphatic heterocycles. The van der Waals surface area contributed by atoms with Gasteiger partial charge in [0.25, 0.3) is 17.5 Å². The van der Waals surface area contributed by atoms with Crippen LogP contribution in [-0.2, 0) is 6.42 Å². The van der Waals surface area contributed by atoms with Crippen LogP contribution in [0.15, 0.2) is 0 Å². The van der Waals surface area contributed by atoms with Crippen LogP contribution in [0.1, 0.15) is 19.2 Å². The van der Waals surface area contributed by atoms with E-state index in [1.807, 2.05) is 6.92 Å². The molecule has 0 aliphatic rings. The van der Waals surface area contributed by atoms with Crippen LogP contribution in [0.4, 0.5) is 11.6 Å². The summed E-state index contributed by atoms with van der Waals surface area (Å²) in [5.41, 5.74) is 0. The number of aromatic nitrogens is 2. The van der Waals surface area contributed by atoms with Crippen molar-refractivity contribution in [2.45, 2.75) is 19.8 Å². The summed E-state index contributed by atoms with van der Waals surface area (Å²) < 4.78 is 0. The number of aromatic amines is 1. The highest BCUT2D eigenvalue weighted by molar-refractivity contribution is 5.61. The predicted molar refractivity (Wildman–Crippen MR) is 45.1 cm³/mol. The van der Waals surface area contributed by atoms with Crippen LogP contribution in [0.25, 0.3) is 9.69 Å². The Hall–Kier alpha value is -1.81. The zero-order valence-electron chi connectivity index (χ0n) is 6.76. The number of imidazole rings is 1. The first-order valence-corrected chi connectivity index (χ1v) is 3.65. The van der Waals surface area contributed by atoms with Gasteiger partial charge in [-0.15, -0.1) is 0 Å². The van der Waals surface area contributed by atoms with E-state index in [1.54, 1.807) is 0 Å². The Labute approximate surface area is 70.9 Å². The van der Waals surface area contributed by atoms with E-state index in [9.17, 15) is 0 Å². The minimum absolute atomic E-state index is 0.188. The van der Waals surface area contributed by atoms with Gasteiger partial charge in [0.2, 0.25) is 0 Å². The summed E-state index contributed by atoms with van der Waals surface area (Å²) in [6, 6.07) is 0. The second kappa shape index (κ2) is 3.54. The van der Waals surface area contributed by atoms with Gasteiger partial charge in [-0.3, -0.25) is 4.98 Å². The van der Waals surface area contributed by atoms with Crippen LogP contribution in [0.5, 0.6) is 0 Å². The molecule has 4 nitrogen and oxygen atoms in total. The number of nitrogens with zero attached hydrogens (tertiary/aromatic N) is 3. The van der Waals surface area contributed by atoms with Crippen LogP contribution in [-0.4, -0.2) is 9.97 Å². The van der Waals surface area contributed by atoms with Crippen LogP contribution < -0.4 is 0 Å². The van der Waals surface area contributed by atoms with Crippen LogP contribution in [0.2, 0.25) is 0 Å². The van der Waals surface area contributed by atoms with Gasteiger partial charge >= 0.3 is 0 Å². The van der Waals surface area contributed by atoms with Crippen LogP contribution >= 0.6 is 0 Å². The van der Waals surface area contributed by atoms with Gasteiger partial charge in [0.15, 0.2) is 0 Å². The normalized spacial score (nSPS) is 8.92. The highest BCUT2D eigenvalue weighted by Crippen LogP contribution is 2.24. The molecular weight excluding hydrogens is 152 g/mol. The predicted octanol–water partition coefficient (Wildman–Crippen LogP) is 2.46. The van der Waals surface area contributed by atoms with E-state index < -0.39 is 0 Å². The monoisotopic (exact) mass is 160 g/mol.